The lowest BCUT2D eigenvalue weighted by atomic mass is 10.2. The number of anilines is 1. The molecular weight excluding hydrogens is 390 g/mol. The Morgan fingerprint density at radius 2 is 1.84 bits per heavy atom. The molecule has 164 valence electrons. The summed E-state index contributed by atoms with van der Waals surface area (Å²) in [5.41, 5.74) is 2.12. The Labute approximate surface area is 183 Å². The van der Waals surface area contributed by atoms with Gasteiger partial charge in [0.15, 0.2) is 0 Å². The highest BCUT2D eigenvalue weighted by Crippen LogP contribution is 2.28. The lowest BCUT2D eigenvalue weighted by Gasteiger charge is -2.36. The Morgan fingerprint density at radius 1 is 0.968 bits per heavy atom. The molecule has 0 atom stereocenters. The van der Waals surface area contributed by atoms with Crippen molar-refractivity contribution in [1.82, 2.24) is 29.6 Å². The molecule has 3 aromatic rings. The normalized spacial score (nSPS) is 17.7. The number of rotatable bonds is 5. The summed E-state index contributed by atoms with van der Waals surface area (Å²) in [6.45, 7) is 10.00. The first-order valence-corrected chi connectivity index (χ1v) is 11.5. The summed E-state index contributed by atoms with van der Waals surface area (Å²) in [7, 11) is 0. The summed E-state index contributed by atoms with van der Waals surface area (Å²) < 4.78 is 8.27. The lowest BCUT2D eigenvalue weighted by molar-refractivity contribution is 0.235. The maximum absolute atomic E-state index is 5.91. The Morgan fingerprint density at radius 3 is 2.68 bits per heavy atom. The van der Waals surface area contributed by atoms with Crippen LogP contribution in [-0.4, -0.2) is 61.9 Å². The van der Waals surface area contributed by atoms with Gasteiger partial charge in [0, 0.05) is 44.8 Å². The summed E-state index contributed by atoms with van der Waals surface area (Å²) >= 11 is 0. The largest absolute Gasteiger partial charge is 0.474 e. The maximum atomic E-state index is 5.91. The minimum atomic E-state index is 0.0810. The monoisotopic (exact) mass is 421 g/mol. The molecule has 0 amide bonds. The fourth-order valence-corrected chi connectivity index (χ4v) is 4.56. The van der Waals surface area contributed by atoms with E-state index in [4.69, 9.17) is 4.74 Å². The molecule has 2 aliphatic rings. The number of ether oxygens (including phenoxy) is 1. The second kappa shape index (κ2) is 8.78. The van der Waals surface area contributed by atoms with Gasteiger partial charge in [-0.2, -0.15) is 0 Å². The second-order valence-corrected chi connectivity index (χ2v) is 8.80. The van der Waals surface area contributed by atoms with Crippen molar-refractivity contribution >= 4 is 16.6 Å². The van der Waals surface area contributed by atoms with Crippen LogP contribution in [0.25, 0.3) is 10.9 Å². The molecule has 5 rings (SSSR count). The predicted octanol–water partition coefficient (Wildman–Crippen LogP) is 3.06. The van der Waals surface area contributed by atoms with Gasteiger partial charge in [-0.1, -0.05) is 6.42 Å². The summed E-state index contributed by atoms with van der Waals surface area (Å²) in [5.74, 6) is 2.96. The zero-order chi connectivity index (χ0) is 21.2. The highest BCUT2D eigenvalue weighted by molar-refractivity contribution is 5.86. The van der Waals surface area contributed by atoms with Crippen molar-refractivity contribution in [3.05, 3.63) is 36.2 Å². The molecule has 8 nitrogen and oxygen atoms in total. The quantitative estimate of drug-likeness (QED) is 0.627. The lowest BCUT2D eigenvalue weighted by Crippen LogP contribution is -2.46. The first kappa shape index (κ1) is 20.2. The second-order valence-electron chi connectivity index (χ2n) is 8.80. The van der Waals surface area contributed by atoms with Gasteiger partial charge in [-0.25, -0.2) is 9.97 Å². The van der Waals surface area contributed by atoms with Crippen LogP contribution >= 0.6 is 0 Å². The predicted molar refractivity (Wildman–Crippen MR) is 120 cm³/mol. The van der Waals surface area contributed by atoms with E-state index < -0.39 is 0 Å². The van der Waals surface area contributed by atoms with E-state index in [0.717, 1.165) is 62.4 Å². The summed E-state index contributed by atoms with van der Waals surface area (Å²) in [6.07, 6.45) is 6.48. The molecule has 0 radical (unpaired) electrons. The summed E-state index contributed by atoms with van der Waals surface area (Å²) in [6, 6.07) is 6.39. The van der Waals surface area contributed by atoms with Crippen LogP contribution in [0.1, 0.15) is 44.8 Å². The molecule has 0 unspecified atom stereocenters. The minimum absolute atomic E-state index is 0.0810. The Kier molecular flexibility index (Phi) is 5.72. The number of hydrogen-bond acceptors (Lipinski definition) is 7. The smallest absolute Gasteiger partial charge is 0.224 e. The highest BCUT2D eigenvalue weighted by atomic mass is 16.5. The van der Waals surface area contributed by atoms with Crippen LogP contribution in [-0.2, 0) is 19.5 Å². The van der Waals surface area contributed by atoms with Crippen LogP contribution in [0.4, 0.5) is 5.69 Å². The third kappa shape index (κ3) is 4.35. The maximum Gasteiger partial charge on any atom is 0.224 e. The van der Waals surface area contributed by atoms with Crippen LogP contribution in [0.15, 0.2) is 24.5 Å². The molecule has 0 aliphatic carbocycles. The van der Waals surface area contributed by atoms with Gasteiger partial charge in [0.05, 0.1) is 23.6 Å². The molecule has 0 N–H and O–H groups in total. The Bertz CT molecular complexity index is 1040. The Hall–Kier alpha value is -2.74. The number of nitrogens with zero attached hydrogens (tertiary/aromatic N) is 7. The van der Waals surface area contributed by atoms with Crippen molar-refractivity contribution in [1.29, 1.82) is 0 Å². The first-order chi connectivity index (χ1) is 15.2. The SMILES string of the molecule is CC(C)Oc1ncnc2ccc(N3CCN(Cc4nnc5n4CCCCC5)CC3)cc12. The molecular formula is C23H31N7O. The van der Waals surface area contributed by atoms with E-state index in [9.17, 15) is 0 Å². The van der Waals surface area contributed by atoms with Gasteiger partial charge < -0.3 is 14.2 Å². The standard InChI is InChI=1S/C23H31N7O/c1-17(2)31-23-19-14-18(7-8-20(19)24-16-25-23)29-12-10-28(11-13-29)15-22-27-26-21-6-4-3-5-9-30(21)22/h7-8,14,16-17H,3-6,9-13,15H2,1-2H3. The fraction of sp³-hybridized carbons (Fsp3) is 0.565. The number of piperazine rings is 1. The van der Waals surface area contributed by atoms with Crippen molar-refractivity contribution in [2.45, 2.75) is 58.7 Å². The van der Waals surface area contributed by atoms with Gasteiger partial charge >= 0.3 is 0 Å². The van der Waals surface area contributed by atoms with Gasteiger partial charge in [-0.3, -0.25) is 4.90 Å². The molecule has 1 fully saturated rings. The van der Waals surface area contributed by atoms with Crippen LogP contribution < -0.4 is 9.64 Å². The molecule has 4 heterocycles. The number of hydrogen-bond donors (Lipinski definition) is 0. The molecule has 0 spiro atoms. The minimum Gasteiger partial charge on any atom is -0.474 e. The topological polar surface area (TPSA) is 72.2 Å². The highest BCUT2D eigenvalue weighted by Gasteiger charge is 2.22. The number of aryl methyl sites for hydroxylation is 1. The van der Waals surface area contributed by atoms with E-state index in [2.05, 4.69) is 52.7 Å². The Balaban J connectivity index is 1.26. The van der Waals surface area contributed by atoms with Crippen LogP contribution in [0.5, 0.6) is 5.88 Å². The average molecular weight is 422 g/mol. The third-order valence-electron chi connectivity index (χ3n) is 6.22. The molecule has 1 saturated heterocycles. The molecule has 8 heteroatoms. The van der Waals surface area contributed by atoms with Gasteiger partial charge in [0.1, 0.15) is 18.0 Å². The summed E-state index contributed by atoms with van der Waals surface area (Å²) in [4.78, 5) is 13.7. The average Bonchev–Trinajstić information content (AvgIpc) is 3.00. The molecule has 2 aliphatic heterocycles. The van der Waals surface area contributed by atoms with Gasteiger partial charge in [-0.05, 0) is 44.9 Å². The van der Waals surface area contributed by atoms with E-state index in [-0.39, 0.29) is 6.10 Å². The number of aromatic nitrogens is 5. The van der Waals surface area contributed by atoms with Crippen molar-refractivity contribution in [2.75, 3.05) is 31.1 Å². The van der Waals surface area contributed by atoms with Crippen molar-refractivity contribution in [3.8, 4) is 5.88 Å². The molecule has 0 bridgehead atoms. The van der Waals surface area contributed by atoms with Crippen molar-refractivity contribution in [2.24, 2.45) is 0 Å². The molecule has 2 aromatic heterocycles. The van der Waals surface area contributed by atoms with E-state index in [0.29, 0.717) is 5.88 Å². The van der Waals surface area contributed by atoms with Crippen LogP contribution in [0, 0.1) is 0 Å². The van der Waals surface area contributed by atoms with Crippen molar-refractivity contribution < 1.29 is 4.74 Å². The van der Waals surface area contributed by atoms with Crippen LogP contribution in [0.2, 0.25) is 0 Å². The fourth-order valence-electron chi connectivity index (χ4n) is 4.56. The summed E-state index contributed by atoms with van der Waals surface area (Å²) in [5, 5.41) is 9.94. The zero-order valence-corrected chi connectivity index (χ0v) is 18.5. The first-order valence-electron chi connectivity index (χ1n) is 11.5. The van der Waals surface area contributed by atoms with E-state index in [1.807, 2.05) is 13.8 Å². The van der Waals surface area contributed by atoms with E-state index in [1.54, 1.807) is 6.33 Å². The number of fused-ring (bicyclic) bond motifs is 2. The molecule has 0 saturated carbocycles. The van der Waals surface area contributed by atoms with Gasteiger partial charge in [0.25, 0.3) is 0 Å². The van der Waals surface area contributed by atoms with Gasteiger partial charge in [0.2, 0.25) is 5.88 Å². The van der Waals surface area contributed by atoms with Crippen LogP contribution in [0.3, 0.4) is 0 Å². The molecule has 1 aromatic carbocycles. The van der Waals surface area contributed by atoms with E-state index >= 15 is 0 Å². The zero-order valence-electron chi connectivity index (χ0n) is 18.5. The third-order valence-corrected chi connectivity index (χ3v) is 6.22. The number of benzene rings is 1. The molecule has 31 heavy (non-hydrogen) atoms. The van der Waals surface area contributed by atoms with E-state index in [1.165, 1.54) is 30.8 Å². The van der Waals surface area contributed by atoms with Gasteiger partial charge in [-0.15, -0.1) is 10.2 Å². The van der Waals surface area contributed by atoms with Crippen molar-refractivity contribution in [3.63, 3.8) is 0 Å².